The first-order valence-corrected chi connectivity index (χ1v) is 7.26. The maximum absolute atomic E-state index is 11.6. The van der Waals surface area contributed by atoms with Crippen LogP contribution in [-0.4, -0.2) is 28.6 Å². The minimum atomic E-state index is -0.371. The second-order valence-corrected chi connectivity index (χ2v) is 5.68. The molecule has 1 amide bonds. The van der Waals surface area contributed by atoms with Crippen LogP contribution in [-0.2, 0) is 11.2 Å². The van der Waals surface area contributed by atoms with Gasteiger partial charge in [-0.25, -0.2) is 4.98 Å². The standard InChI is InChI=1S/C14H18N2O2S/c1-10(17)8-9-15-13(18)6-7-14-16-11-4-2-3-5-12(11)19-14/h2-5,10,17H,6-9H2,1H3,(H,15,18). The minimum absolute atomic E-state index is 0.0138. The topological polar surface area (TPSA) is 62.2 Å². The van der Waals surface area contributed by atoms with E-state index in [1.54, 1.807) is 18.3 Å². The fraction of sp³-hybridized carbons (Fsp3) is 0.429. The molecule has 0 spiro atoms. The van der Waals surface area contributed by atoms with Crippen LogP contribution >= 0.6 is 11.3 Å². The second-order valence-electron chi connectivity index (χ2n) is 4.56. The SMILES string of the molecule is CC(O)CCNC(=O)CCc1nc2ccccc2s1. The number of thiazole rings is 1. The molecule has 1 heterocycles. The number of aliphatic hydroxyl groups excluding tert-OH is 1. The molecule has 1 aromatic carbocycles. The summed E-state index contributed by atoms with van der Waals surface area (Å²) in [6.45, 7) is 2.24. The smallest absolute Gasteiger partial charge is 0.220 e. The summed E-state index contributed by atoms with van der Waals surface area (Å²) in [6.07, 6.45) is 1.33. The van der Waals surface area contributed by atoms with Crippen LogP contribution in [0.3, 0.4) is 0 Å². The number of hydrogen-bond acceptors (Lipinski definition) is 4. The predicted octanol–water partition coefficient (Wildman–Crippen LogP) is 2.12. The Hall–Kier alpha value is -1.46. The number of carbonyl (C=O) groups excluding carboxylic acids is 1. The summed E-state index contributed by atoms with van der Waals surface area (Å²) in [4.78, 5) is 16.1. The third kappa shape index (κ3) is 4.29. The zero-order chi connectivity index (χ0) is 13.7. The quantitative estimate of drug-likeness (QED) is 0.850. The second kappa shape index (κ2) is 6.63. The lowest BCUT2D eigenvalue weighted by atomic mass is 10.2. The molecule has 1 unspecified atom stereocenters. The number of aliphatic hydroxyl groups is 1. The molecule has 0 aliphatic carbocycles. The fourth-order valence-corrected chi connectivity index (χ4v) is 2.72. The molecule has 2 rings (SSSR count). The summed E-state index contributed by atoms with van der Waals surface area (Å²) in [5.74, 6) is 0.0138. The van der Waals surface area contributed by atoms with Crippen LogP contribution in [0.15, 0.2) is 24.3 Å². The van der Waals surface area contributed by atoms with Crippen molar-refractivity contribution in [2.24, 2.45) is 0 Å². The number of nitrogens with zero attached hydrogens (tertiary/aromatic N) is 1. The fourth-order valence-electron chi connectivity index (χ4n) is 1.76. The average molecular weight is 278 g/mol. The van der Waals surface area contributed by atoms with Gasteiger partial charge in [-0.05, 0) is 25.5 Å². The van der Waals surface area contributed by atoms with Gasteiger partial charge in [0.15, 0.2) is 0 Å². The molecular weight excluding hydrogens is 260 g/mol. The van der Waals surface area contributed by atoms with Crippen LogP contribution < -0.4 is 5.32 Å². The van der Waals surface area contributed by atoms with Gasteiger partial charge in [-0.1, -0.05) is 12.1 Å². The summed E-state index contributed by atoms with van der Waals surface area (Å²) in [5, 5.41) is 12.9. The molecule has 0 bridgehead atoms. The number of hydrogen-bond donors (Lipinski definition) is 2. The molecule has 0 saturated heterocycles. The zero-order valence-electron chi connectivity index (χ0n) is 10.9. The Morgan fingerprint density at radius 1 is 1.47 bits per heavy atom. The van der Waals surface area contributed by atoms with Crippen molar-refractivity contribution in [1.82, 2.24) is 10.3 Å². The summed E-state index contributed by atoms with van der Waals surface area (Å²) in [6, 6.07) is 7.99. The molecule has 0 aliphatic rings. The van der Waals surface area contributed by atoms with Crippen molar-refractivity contribution in [1.29, 1.82) is 0 Å². The van der Waals surface area contributed by atoms with Gasteiger partial charge in [-0.3, -0.25) is 4.79 Å². The number of fused-ring (bicyclic) bond motifs is 1. The highest BCUT2D eigenvalue weighted by Gasteiger charge is 2.06. The van der Waals surface area contributed by atoms with Gasteiger partial charge in [0.1, 0.15) is 0 Å². The lowest BCUT2D eigenvalue weighted by Crippen LogP contribution is -2.26. The molecule has 0 radical (unpaired) electrons. The number of carbonyl (C=O) groups is 1. The van der Waals surface area contributed by atoms with Gasteiger partial charge < -0.3 is 10.4 Å². The molecule has 0 fully saturated rings. The van der Waals surface area contributed by atoms with E-state index < -0.39 is 0 Å². The summed E-state index contributed by atoms with van der Waals surface area (Å²) in [5.41, 5.74) is 0.997. The normalized spacial score (nSPS) is 12.5. The van der Waals surface area contributed by atoms with E-state index in [-0.39, 0.29) is 12.0 Å². The highest BCUT2D eigenvalue weighted by Crippen LogP contribution is 2.22. The maximum atomic E-state index is 11.6. The van der Waals surface area contributed by atoms with Gasteiger partial charge in [-0.2, -0.15) is 0 Å². The van der Waals surface area contributed by atoms with Crippen LogP contribution in [0.4, 0.5) is 0 Å². The molecule has 1 atom stereocenters. The third-order valence-electron chi connectivity index (χ3n) is 2.79. The summed E-state index contributed by atoms with van der Waals surface area (Å²) in [7, 11) is 0. The summed E-state index contributed by atoms with van der Waals surface area (Å²) < 4.78 is 1.16. The monoisotopic (exact) mass is 278 g/mol. The van der Waals surface area contributed by atoms with Gasteiger partial charge >= 0.3 is 0 Å². The Labute approximate surface area is 116 Å². The first kappa shape index (κ1) is 14.0. The van der Waals surface area contributed by atoms with E-state index in [2.05, 4.69) is 10.3 Å². The van der Waals surface area contributed by atoms with Gasteiger partial charge in [0.05, 0.1) is 21.3 Å². The van der Waals surface area contributed by atoms with Crippen molar-refractivity contribution in [2.75, 3.05) is 6.54 Å². The number of nitrogens with one attached hydrogen (secondary N) is 1. The average Bonchev–Trinajstić information content (AvgIpc) is 2.78. The molecular formula is C14H18N2O2S. The minimum Gasteiger partial charge on any atom is -0.393 e. The van der Waals surface area contributed by atoms with E-state index in [0.29, 0.717) is 25.8 Å². The number of rotatable bonds is 6. The van der Waals surface area contributed by atoms with Crippen LogP contribution in [0.5, 0.6) is 0 Å². The van der Waals surface area contributed by atoms with Crippen LogP contribution in [0.25, 0.3) is 10.2 Å². The molecule has 1 aromatic heterocycles. The van der Waals surface area contributed by atoms with Gasteiger partial charge in [0.2, 0.25) is 5.91 Å². The summed E-state index contributed by atoms with van der Waals surface area (Å²) >= 11 is 1.64. The Morgan fingerprint density at radius 3 is 3.00 bits per heavy atom. The molecule has 5 heteroatoms. The van der Waals surface area contributed by atoms with E-state index in [1.807, 2.05) is 24.3 Å². The molecule has 2 aromatic rings. The van der Waals surface area contributed by atoms with E-state index in [9.17, 15) is 4.79 Å². The van der Waals surface area contributed by atoms with Crippen molar-refractivity contribution < 1.29 is 9.90 Å². The van der Waals surface area contributed by atoms with Gasteiger partial charge in [0, 0.05) is 19.4 Å². The maximum Gasteiger partial charge on any atom is 0.220 e. The highest BCUT2D eigenvalue weighted by molar-refractivity contribution is 7.18. The lowest BCUT2D eigenvalue weighted by Gasteiger charge is -2.05. The Morgan fingerprint density at radius 2 is 2.26 bits per heavy atom. The van der Waals surface area contributed by atoms with Gasteiger partial charge in [0.25, 0.3) is 0 Å². The lowest BCUT2D eigenvalue weighted by molar-refractivity contribution is -0.121. The van der Waals surface area contributed by atoms with E-state index in [4.69, 9.17) is 5.11 Å². The number of para-hydroxylation sites is 1. The molecule has 2 N–H and O–H groups in total. The van der Waals surface area contributed by atoms with Crippen molar-refractivity contribution in [3.63, 3.8) is 0 Å². The van der Waals surface area contributed by atoms with Crippen LogP contribution in [0, 0.1) is 0 Å². The number of amides is 1. The zero-order valence-corrected chi connectivity index (χ0v) is 11.7. The van der Waals surface area contributed by atoms with Crippen molar-refractivity contribution in [3.8, 4) is 0 Å². The Balaban J connectivity index is 1.80. The molecule has 0 saturated carbocycles. The number of aryl methyl sites for hydroxylation is 1. The molecule has 102 valence electrons. The number of aromatic nitrogens is 1. The van der Waals surface area contributed by atoms with E-state index in [1.165, 1.54) is 0 Å². The third-order valence-corrected chi connectivity index (χ3v) is 3.88. The first-order valence-electron chi connectivity index (χ1n) is 6.44. The van der Waals surface area contributed by atoms with Crippen molar-refractivity contribution in [2.45, 2.75) is 32.3 Å². The van der Waals surface area contributed by atoms with Crippen molar-refractivity contribution in [3.05, 3.63) is 29.3 Å². The largest absolute Gasteiger partial charge is 0.393 e. The van der Waals surface area contributed by atoms with E-state index >= 15 is 0 Å². The van der Waals surface area contributed by atoms with Gasteiger partial charge in [-0.15, -0.1) is 11.3 Å². The molecule has 4 nitrogen and oxygen atoms in total. The molecule has 0 aliphatic heterocycles. The number of benzene rings is 1. The van der Waals surface area contributed by atoms with Crippen LogP contribution in [0.1, 0.15) is 24.8 Å². The highest BCUT2D eigenvalue weighted by atomic mass is 32.1. The Kier molecular flexibility index (Phi) is 4.87. The Bertz CT molecular complexity index is 518. The predicted molar refractivity (Wildman–Crippen MR) is 77.2 cm³/mol. The van der Waals surface area contributed by atoms with E-state index in [0.717, 1.165) is 15.2 Å². The van der Waals surface area contributed by atoms with Crippen molar-refractivity contribution >= 4 is 27.5 Å². The van der Waals surface area contributed by atoms with Crippen LogP contribution in [0.2, 0.25) is 0 Å². The first-order chi connectivity index (χ1) is 9.15. The molecule has 19 heavy (non-hydrogen) atoms.